The van der Waals surface area contributed by atoms with Crippen LogP contribution in [0.15, 0.2) is 0 Å². The molecule has 0 aliphatic rings. The highest BCUT2D eigenvalue weighted by molar-refractivity contribution is 4.89. The van der Waals surface area contributed by atoms with E-state index in [1.807, 2.05) is 7.05 Å². The molecule has 0 spiro atoms. The summed E-state index contributed by atoms with van der Waals surface area (Å²) in [6, 6.07) is 0. The van der Waals surface area contributed by atoms with Crippen LogP contribution in [-0.4, -0.2) is 33.3 Å². The maximum atomic E-state index is 4.27. The molecule has 0 aliphatic carbocycles. The Balaban J connectivity index is 2.56. The molecule has 1 heterocycles. The number of nitrogens with one attached hydrogen (secondary N) is 1. The summed E-state index contributed by atoms with van der Waals surface area (Å²) in [7, 11) is 1.81. The van der Waals surface area contributed by atoms with Gasteiger partial charge in [-0.25, -0.2) is 0 Å². The van der Waals surface area contributed by atoms with Crippen molar-refractivity contribution in [3.05, 3.63) is 5.82 Å². The number of tetrazole rings is 1. The topological polar surface area (TPSA) is 55.6 Å². The third kappa shape index (κ3) is 4.81. The van der Waals surface area contributed by atoms with Crippen LogP contribution in [-0.2, 0) is 13.5 Å². The van der Waals surface area contributed by atoms with Crippen LogP contribution in [0, 0.1) is 5.41 Å². The molecule has 0 aromatic carbocycles. The van der Waals surface area contributed by atoms with Gasteiger partial charge in [0.05, 0.1) is 7.05 Å². The minimum atomic E-state index is 0.229. The molecule has 0 radical (unpaired) electrons. The van der Waals surface area contributed by atoms with Gasteiger partial charge in [0, 0.05) is 13.0 Å². The summed E-state index contributed by atoms with van der Waals surface area (Å²) >= 11 is 0. The standard InChI is InChI=1S/C12H25N5/c1-5-7-12(3,10-13-8-6-2)9-11-14-16-17(4)15-11/h13H,5-10H2,1-4H3. The van der Waals surface area contributed by atoms with Gasteiger partial charge in [-0.3, -0.25) is 0 Å². The van der Waals surface area contributed by atoms with E-state index in [-0.39, 0.29) is 5.41 Å². The predicted octanol–water partition coefficient (Wildman–Crippen LogP) is 1.56. The Morgan fingerprint density at radius 1 is 1.29 bits per heavy atom. The molecule has 1 atom stereocenters. The summed E-state index contributed by atoms with van der Waals surface area (Å²) < 4.78 is 0. The van der Waals surface area contributed by atoms with Gasteiger partial charge in [0.25, 0.3) is 0 Å². The zero-order valence-electron chi connectivity index (χ0n) is 11.5. The SMILES string of the molecule is CCCNCC(C)(CCC)Cc1nnn(C)n1. The first kappa shape index (κ1) is 14.1. The first-order valence-electron chi connectivity index (χ1n) is 6.53. The highest BCUT2D eigenvalue weighted by atomic mass is 15.6. The number of nitrogens with zero attached hydrogens (tertiary/aromatic N) is 4. The average Bonchev–Trinajstić information content (AvgIpc) is 2.64. The summed E-state index contributed by atoms with van der Waals surface area (Å²) in [5.74, 6) is 0.849. The molecular formula is C12H25N5. The number of hydrogen-bond acceptors (Lipinski definition) is 4. The molecule has 0 amide bonds. The maximum absolute atomic E-state index is 4.27. The summed E-state index contributed by atoms with van der Waals surface area (Å²) in [5, 5.41) is 15.8. The van der Waals surface area contributed by atoms with Crippen LogP contribution < -0.4 is 5.32 Å². The first-order valence-corrected chi connectivity index (χ1v) is 6.53. The van der Waals surface area contributed by atoms with Crippen molar-refractivity contribution in [1.29, 1.82) is 0 Å². The normalized spacial score (nSPS) is 14.8. The Morgan fingerprint density at radius 2 is 2.06 bits per heavy atom. The molecule has 0 aliphatic heterocycles. The monoisotopic (exact) mass is 239 g/mol. The molecule has 5 nitrogen and oxygen atoms in total. The number of aryl methyl sites for hydroxylation is 1. The molecule has 0 saturated heterocycles. The van der Waals surface area contributed by atoms with Crippen molar-refractivity contribution in [2.45, 2.75) is 46.5 Å². The van der Waals surface area contributed by atoms with Crippen LogP contribution in [0.1, 0.15) is 45.9 Å². The van der Waals surface area contributed by atoms with E-state index in [0.717, 1.165) is 25.3 Å². The molecule has 5 heteroatoms. The first-order chi connectivity index (χ1) is 8.09. The van der Waals surface area contributed by atoms with Crippen LogP contribution in [0.5, 0.6) is 0 Å². The lowest BCUT2D eigenvalue weighted by atomic mass is 9.82. The Hall–Kier alpha value is -0.970. The molecule has 17 heavy (non-hydrogen) atoms. The van der Waals surface area contributed by atoms with Crippen LogP contribution in [0.25, 0.3) is 0 Å². The van der Waals surface area contributed by atoms with Gasteiger partial charge in [-0.15, -0.1) is 10.2 Å². The van der Waals surface area contributed by atoms with E-state index < -0.39 is 0 Å². The van der Waals surface area contributed by atoms with E-state index >= 15 is 0 Å². The van der Waals surface area contributed by atoms with E-state index in [1.54, 1.807) is 0 Å². The van der Waals surface area contributed by atoms with Gasteiger partial charge in [0.2, 0.25) is 0 Å². The second-order valence-electron chi connectivity index (χ2n) is 5.11. The summed E-state index contributed by atoms with van der Waals surface area (Å²) in [6.07, 6.45) is 4.43. The third-order valence-electron chi connectivity index (χ3n) is 2.97. The third-order valence-corrected chi connectivity index (χ3v) is 2.97. The van der Waals surface area contributed by atoms with Gasteiger partial charge in [-0.1, -0.05) is 27.2 Å². The van der Waals surface area contributed by atoms with Crippen molar-refractivity contribution in [2.24, 2.45) is 12.5 Å². The lowest BCUT2D eigenvalue weighted by molar-refractivity contribution is 0.270. The second kappa shape index (κ2) is 6.69. The zero-order chi connectivity index (χ0) is 12.7. The lowest BCUT2D eigenvalue weighted by Gasteiger charge is -2.28. The van der Waals surface area contributed by atoms with Crippen molar-refractivity contribution in [1.82, 2.24) is 25.5 Å². The van der Waals surface area contributed by atoms with Crippen LogP contribution in [0.2, 0.25) is 0 Å². The smallest absolute Gasteiger partial charge is 0.175 e. The average molecular weight is 239 g/mol. The molecule has 1 rings (SSSR count). The van der Waals surface area contributed by atoms with E-state index in [4.69, 9.17) is 0 Å². The molecule has 0 bridgehead atoms. The minimum Gasteiger partial charge on any atom is -0.316 e. The van der Waals surface area contributed by atoms with Crippen molar-refractivity contribution in [3.63, 3.8) is 0 Å². The van der Waals surface area contributed by atoms with Crippen LogP contribution in [0.3, 0.4) is 0 Å². The largest absolute Gasteiger partial charge is 0.316 e. The number of rotatable bonds is 8. The van der Waals surface area contributed by atoms with Gasteiger partial charge >= 0.3 is 0 Å². The van der Waals surface area contributed by atoms with Crippen molar-refractivity contribution in [2.75, 3.05) is 13.1 Å². The van der Waals surface area contributed by atoms with Gasteiger partial charge < -0.3 is 5.32 Å². The van der Waals surface area contributed by atoms with Crippen molar-refractivity contribution >= 4 is 0 Å². The molecule has 98 valence electrons. The minimum absolute atomic E-state index is 0.229. The van der Waals surface area contributed by atoms with Gasteiger partial charge in [-0.05, 0) is 30.0 Å². The van der Waals surface area contributed by atoms with E-state index in [0.29, 0.717) is 0 Å². The van der Waals surface area contributed by atoms with Gasteiger partial charge in [-0.2, -0.15) is 4.80 Å². The molecule has 1 aromatic heterocycles. The predicted molar refractivity (Wildman–Crippen MR) is 68.7 cm³/mol. The maximum Gasteiger partial charge on any atom is 0.175 e. The highest BCUT2D eigenvalue weighted by Crippen LogP contribution is 2.26. The highest BCUT2D eigenvalue weighted by Gasteiger charge is 2.25. The molecule has 0 fully saturated rings. The molecule has 1 N–H and O–H groups in total. The van der Waals surface area contributed by atoms with Gasteiger partial charge in [0.1, 0.15) is 0 Å². The fourth-order valence-corrected chi connectivity index (χ4v) is 2.19. The molecular weight excluding hydrogens is 214 g/mol. The summed E-state index contributed by atoms with van der Waals surface area (Å²) in [4.78, 5) is 1.53. The Bertz CT molecular complexity index is 322. The zero-order valence-corrected chi connectivity index (χ0v) is 11.5. The molecule has 1 aromatic rings. The summed E-state index contributed by atoms with van der Waals surface area (Å²) in [5.41, 5.74) is 0.229. The second-order valence-corrected chi connectivity index (χ2v) is 5.11. The van der Waals surface area contributed by atoms with E-state index in [2.05, 4.69) is 41.5 Å². The molecule has 0 saturated carbocycles. The Kier molecular flexibility index (Phi) is 5.55. The van der Waals surface area contributed by atoms with E-state index in [1.165, 1.54) is 24.1 Å². The fourth-order valence-electron chi connectivity index (χ4n) is 2.19. The number of hydrogen-bond donors (Lipinski definition) is 1. The van der Waals surface area contributed by atoms with E-state index in [9.17, 15) is 0 Å². The van der Waals surface area contributed by atoms with Gasteiger partial charge in [0.15, 0.2) is 5.82 Å². The van der Waals surface area contributed by atoms with Crippen LogP contribution >= 0.6 is 0 Å². The quantitative estimate of drug-likeness (QED) is 0.699. The van der Waals surface area contributed by atoms with Crippen molar-refractivity contribution in [3.8, 4) is 0 Å². The molecule has 1 unspecified atom stereocenters. The Morgan fingerprint density at radius 3 is 2.59 bits per heavy atom. The Labute approximate surface area is 104 Å². The fraction of sp³-hybridized carbons (Fsp3) is 0.917. The number of aromatic nitrogens is 4. The lowest BCUT2D eigenvalue weighted by Crippen LogP contribution is -2.34. The van der Waals surface area contributed by atoms with Crippen LogP contribution in [0.4, 0.5) is 0 Å². The summed E-state index contributed by atoms with van der Waals surface area (Å²) in [6.45, 7) is 8.81. The van der Waals surface area contributed by atoms with Crippen molar-refractivity contribution < 1.29 is 0 Å².